The van der Waals surface area contributed by atoms with E-state index in [0.29, 0.717) is 13.0 Å². The Kier molecular flexibility index (Phi) is 39.9. The Morgan fingerprint density at radius 1 is 0.577 bits per heavy atom. The molecule has 0 aromatic rings. The third-order valence-electron chi connectivity index (χ3n) is 9.01. The van der Waals surface area contributed by atoms with Crippen molar-refractivity contribution in [2.24, 2.45) is 5.73 Å². The number of unbranched alkanes of at least 4 members (excludes halogenated alkanes) is 22. The zero-order valence-corrected chi connectivity index (χ0v) is 34.7. The number of esters is 1. The lowest BCUT2D eigenvalue weighted by Crippen LogP contribution is -2.28. The zero-order chi connectivity index (χ0) is 38.1. The smallest absolute Gasteiger partial charge is 0.457 e. The SMILES string of the molecule is CCC/C=C\C/C=C\CCCCCCCCOCC(COP(=O)(O)OCCN)OC(=O)CCCCCCCCCCC/C=C\CCCCCCCC. The molecular formula is C43H82NO7P. The van der Waals surface area contributed by atoms with Crippen LogP contribution in [-0.2, 0) is 27.9 Å². The number of allylic oxidation sites excluding steroid dienone is 6. The lowest BCUT2D eigenvalue weighted by Gasteiger charge is -2.20. The van der Waals surface area contributed by atoms with Crippen LogP contribution in [0.25, 0.3) is 0 Å². The predicted octanol–water partition coefficient (Wildman–Crippen LogP) is 12.6. The summed E-state index contributed by atoms with van der Waals surface area (Å²) in [6.45, 7) is 4.84. The van der Waals surface area contributed by atoms with Gasteiger partial charge in [0.2, 0.25) is 0 Å². The number of nitrogens with two attached hydrogens (primary N) is 1. The summed E-state index contributed by atoms with van der Waals surface area (Å²) >= 11 is 0. The van der Waals surface area contributed by atoms with Gasteiger partial charge in [0, 0.05) is 19.6 Å². The molecule has 0 heterocycles. The van der Waals surface area contributed by atoms with Crippen molar-refractivity contribution in [3.63, 3.8) is 0 Å². The number of ether oxygens (including phenoxy) is 2. The van der Waals surface area contributed by atoms with E-state index in [9.17, 15) is 14.3 Å². The molecule has 0 amide bonds. The van der Waals surface area contributed by atoms with E-state index in [4.69, 9.17) is 24.3 Å². The van der Waals surface area contributed by atoms with Gasteiger partial charge in [0.1, 0.15) is 6.10 Å². The first kappa shape index (κ1) is 50.7. The molecule has 0 aliphatic carbocycles. The van der Waals surface area contributed by atoms with Crippen LogP contribution < -0.4 is 5.73 Å². The van der Waals surface area contributed by atoms with Crippen LogP contribution in [0.3, 0.4) is 0 Å². The topological polar surface area (TPSA) is 117 Å². The molecule has 3 N–H and O–H groups in total. The quantitative estimate of drug-likeness (QED) is 0.0274. The number of hydrogen-bond acceptors (Lipinski definition) is 7. The molecule has 306 valence electrons. The van der Waals surface area contributed by atoms with Crippen LogP contribution in [0.2, 0.25) is 0 Å². The van der Waals surface area contributed by atoms with Gasteiger partial charge in [-0.25, -0.2) is 4.57 Å². The molecule has 9 heteroatoms. The Bertz CT molecular complexity index is 895. The lowest BCUT2D eigenvalue weighted by molar-refractivity contribution is -0.154. The van der Waals surface area contributed by atoms with E-state index in [0.717, 1.165) is 57.8 Å². The molecule has 0 aromatic heterocycles. The van der Waals surface area contributed by atoms with Gasteiger partial charge in [-0.1, -0.05) is 159 Å². The van der Waals surface area contributed by atoms with Crippen molar-refractivity contribution < 1.29 is 32.8 Å². The maximum absolute atomic E-state index is 12.6. The Morgan fingerprint density at radius 3 is 1.60 bits per heavy atom. The van der Waals surface area contributed by atoms with E-state index in [1.165, 1.54) is 116 Å². The van der Waals surface area contributed by atoms with Crippen molar-refractivity contribution in [3.8, 4) is 0 Å². The van der Waals surface area contributed by atoms with Gasteiger partial charge in [0.25, 0.3) is 0 Å². The van der Waals surface area contributed by atoms with Gasteiger partial charge in [-0.15, -0.1) is 0 Å². The number of phosphoric ester groups is 1. The fourth-order valence-corrected chi connectivity index (χ4v) is 6.62. The fourth-order valence-electron chi connectivity index (χ4n) is 5.85. The molecule has 0 aromatic carbocycles. The van der Waals surface area contributed by atoms with Crippen molar-refractivity contribution >= 4 is 13.8 Å². The van der Waals surface area contributed by atoms with Crippen LogP contribution in [0.15, 0.2) is 36.5 Å². The summed E-state index contributed by atoms with van der Waals surface area (Å²) in [5.41, 5.74) is 5.36. The van der Waals surface area contributed by atoms with Gasteiger partial charge in [-0.3, -0.25) is 13.8 Å². The summed E-state index contributed by atoms with van der Waals surface area (Å²) in [6.07, 6.45) is 45.9. The molecule has 52 heavy (non-hydrogen) atoms. The van der Waals surface area contributed by atoms with Crippen LogP contribution in [0.5, 0.6) is 0 Å². The third kappa shape index (κ3) is 39.9. The Hall–Kier alpha value is -1.28. The number of rotatable bonds is 41. The second kappa shape index (κ2) is 40.9. The predicted molar refractivity (Wildman–Crippen MR) is 220 cm³/mol. The van der Waals surface area contributed by atoms with Crippen molar-refractivity contribution in [2.75, 3.05) is 33.0 Å². The van der Waals surface area contributed by atoms with Crippen molar-refractivity contribution in [2.45, 2.75) is 200 Å². The molecule has 0 aliphatic rings. The summed E-state index contributed by atoms with van der Waals surface area (Å²) in [5.74, 6) is -0.336. The van der Waals surface area contributed by atoms with Gasteiger partial charge in [-0.2, -0.15) is 0 Å². The highest BCUT2D eigenvalue weighted by molar-refractivity contribution is 7.47. The van der Waals surface area contributed by atoms with Crippen LogP contribution in [0, 0.1) is 0 Å². The molecule has 0 fully saturated rings. The monoisotopic (exact) mass is 756 g/mol. The van der Waals surface area contributed by atoms with Gasteiger partial charge in [0.15, 0.2) is 0 Å². The van der Waals surface area contributed by atoms with E-state index in [-0.39, 0.29) is 32.3 Å². The Balaban J connectivity index is 4.02. The van der Waals surface area contributed by atoms with Gasteiger partial charge in [-0.05, 0) is 64.2 Å². The molecule has 2 atom stereocenters. The highest BCUT2D eigenvalue weighted by Crippen LogP contribution is 2.43. The first-order valence-electron chi connectivity index (χ1n) is 21.5. The minimum absolute atomic E-state index is 0.0980. The fraction of sp³-hybridized carbons (Fsp3) is 0.837. The molecule has 0 aliphatic heterocycles. The molecule has 0 radical (unpaired) electrons. The van der Waals surface area contributed by atoms with Gasteiger partial charge >= 0.3 is 13.8 Å². The van der Waals surface area contributed by atoms with E-state index < -0.39 is 13.9 Å². The molecule has 0 saturated carbocycles. The largest absolute Gasteiger partial charge is 0.472 e. The molecule has 0 saturated heterocycles. The Morgan fingerprint density at radius 2 is 1.06 bits per heavy atom. The average Bonchev–Trinajstić information content (AvgIpc) is 3.13. The van der Waals surface area contributed by atoms with Crippen LogP contribution in [0.4, 0.5) is 0 Å². The van der Waals surface area contributed by atoms with E-state index in [1.54, 1.807) is 0 Å². The lowest BCUT2D eigenvalue weighted by atomic mass is 10.1. The Labute approximate surface area is 320 Å². The van der Waals surface area contributed by atoms with Crippen LogP contribution in [-0.4, -0.2) is 49.9 Å². The third-order valence-corrected chi connectivity index (χ3v) is 9.99. The average molecular weight is 756 g/mol. The summed E-state index contributed by atoms with van der Waals surface area (Å²) in [7, 11) is -4.28. The number of hydrogen-bond donors (Lipinski definition) is 2. The number of carbonyl (C=O) groups is 1. The van der Waals surface area contributed by atoms with E-state index in [1.807, 2.05) is 0 Å². The molecule has 0 spiro atoms. The summed E-state index contributed by atoms with van der Waals surface area (Å²) in [6, 6.07) is 0. The minimum Gasteiger partial charge on any atom is -0.457 e. The maximum Gasteiger partial charge on any atom is 0.472 e. The summed E-state index contributed by atoms with van der Waals surface area (Å²) in [4.78, 5) is 22.5. The molecule has 0 bridgehead atoms. The summed E-state index contributed by atoms with van der Waals surface area (Å²) < 4.78 is 33.4. The highest BCUT2D eigenvalue weighted by atomic mass is 31.2. The van der Waals surface area contributed by atoms with E-state index in [2.05, 4.69) is 50.3 Å². The van der Waals surface area contributed by atoms with E-state index >= 15 is 0 Å². The van der Waals surface area contributed by atoms with Gasteiger partial charge < -0.3 is 20.1 Å². The second-order valence-corrected chi connectivity index (χ2v) is 15.7. The van der Waals surface area contributed by atoms with Crippen LogP contribution in [0.1, 0.15) is 194 Å². The van der Waals surface area contributed by atoms with Crippen molar-refractivity contribution in [1.82, 2.24) is 0 Å². The first-order chi connectivity index (χ1) is 25.4. The van der Waals surface area contributed by atoms with Crippen molar-refractivity contribution in [3.05, 3.63) is 36.5 Å². The standard InChI is InChI=1S/C43H82NO7P/c1-3-5-7-9-11-13-15-17-19-20-21-22-23-24-26-28-30-32-34-36-43(45)51-42(41-50-52(46,47)49-39-37-44)40-48-38-35-33-31-29-27-25-18-16-14-12-10-8-6-4-2/h8,10,14,16-17,19,42H,3-7,9,11-13,15,18,20-41,44H2,1-2H3,(H,46,47)/b10-8-,16-14-,19-17-. The van der Waals surface area contributed by atoms with Gasteiger partial charge in [0.05, 0.1) is 19.8 Å². The van der Waals surface area contributed by atoms with Crippen molar-refractivity contribution in [1.29, 1.82) is 0 Å². The normalized spacial score (nSPS) is 13.8. The van der Waals surface area contributed by atoms with Crippen LogP contribution >= 0.6 is 7.82 Å². The number of phosphoric acid groups is 1. The maximum atomic E-state index is 12.6. The minimum atomic E-state index is -4.28. The first-order valence-corrected chi connectivity index (χ1v) is 23.0. The molecule has 2 unspecified atom stereocenters. The molecule has 8 nitrogen and oxygen atoms in total. The second-order valence-electron chi connectivity index (χ2n) is 14.2. The summed E-state index contributed by atoms with van der Waals surface area (Å²) in [5, 5.41) is 0. The molecular weight excluding hydrogens is 673 g/mol. The number of carbonyl (C=O) groups excluding carboxylic acids is 1. The highest BCUT2D eigenvalue weighted by Gasteiger charge is 2.25. The zero-order valence-electron chi connectivity index (χ0n) is 33.8. The molecule has 0 rings (SSSR count).